The fraction of sp³-hybridized carbons (Fsp3) is 0.750. The van der Waals surface area contributed by atoms with E-state index in [1.807, 2.05) is 6.92 Å². The van der Waals surface area contributed by atoms with Crippen molar-refractivity contribution in [1.29, 1.82) is 0 Å². The zero-order valence-electron chi connectivity index (χ0n) is 10.7. The molecule has 3 heteroatoms. The van der Waals surface area contributed by atoms with E-state index in [2.05, 4.69) is 32.6 Å². The van der Waals surface area contributed by atoms with E-state index in [1.165, 1.54) is 6.08 Å². The third kappa shape index (κ3) is 4.98. The molecule has 0 saturated heterocycles. The summed E-state index contributed by atoms with van der Waals surface area (Å²) < 4.78 is 5.27. The molecule has 0 rings (SSSR count). The second kappa shape index (κ2) is 5.91. The fourth-order valence-corrected chi connectivity index (χ4v) is 1.68. The third-order valence-electron chi connectivity index (χ3n) is 2.23. The minimum atomic E-state index is -0.285. The van der Waals surface area contributed by atoms with Gasteiger partial charge in [-0.3, -0.25) is 4.90 Å². The first kappa shape index (κ1) is 14.2. The maximum Gasteiger partial charge on any atom is 0.331 e. The highest BCUT2D eigenvalue weighted by molar-refractivity contribution is 5.81. The lowest BCUT2D eigenvalue weighted by molar-refractivity contribution is -0.156. The second-order valence-electron chi connectivity index (χ2n) is 4.49. The Morgan fingerprint density at radius 2 is 2.00 bits per heavy atom. The molecule has 88 valence electrons. The molecule has 3 nitrogen and oxygen atoms in total. The van der Waals surface area contributed by atoms with Gasteiger partial charge in [-0.05, 0) is 41.2 Å². The van der Waals surface area contributed by atoms with E-state index >= 15 is 0 Å². The molecule has 0 amide bonds. The van der Waals surface area contributed by atoms with Gasteiger partial charge < -0.3 is 4.74 Å². The average Bonchev–Trinajstić information content (AvgIpc) is 2.02. The van der Waals surface area contributed by atoms with Gasteiger partial charge in [-0.25, -0.2) is 4.79 Å². The highest BCUT2D eigenvalue weighted by Crippen LogP contribution is 2.17. The van der Waals surface area contributed by atoms with Crippen molar-refractivity contribution < 1.29 is 9.53 Å². The molecule has 0 bridgehead atoms. The Balaban J connectivity index is 4.41. The molecular weight excluding hydrogens is 190 g/mol. The van der Waals surface area contributed by atoms with Crippen LogP contribution in [0.4, 0.5) is 0 Å². The number of carbonyl (C=O) groups excluding carboxylic acids is 1. The van der Waals surface area contributed by atoms with Gasteiger partial charge in [0.15, 0.2) is 6.23 Å². The van der Waals surface area contributed by atoms with Crippen molar-refractivity contribution in [3.05, 3.63) is 12.2 Å². The zero-order chi connectivity index (χ0) is 12.1. The quantitative estimate of drug-likeness (QED) is 0.408. The van der Waals surface area contributed by atoms with Crippen LogP contribution in [-0.2, 0) is 9.53 Å². The first-order chi connectivity index (χ1) is 6.82. The van der Waals surface area contributed by atoms with Crippen molar-refractivity contribution >= 4 is 5.97 Å². The van der Waals surface area contributed by atoms with Gasteiger partial charge in [0.2, 0.25) is 0 Å². The van der Waals surface area contributed by atoms with E-state index in [0.29, 0.717) is 0 Å². The Morgan fingerprint density at radius 3 is 2.33 bits per heavy atom. The normalized spacial score (nSPS) is 14.6. The van der Waals surface area contributed by atoms with E-state index in [0.717, 1.165) is 6.54 Å². The van der Waals surface area contributed by atoms with Crippen molar-refractivity contribution in [2.75, 3.05) is 6.54 Å². The third-order valence-corrected chi connectivity index (χ3v) is 2.23. The molecule has 0 aliphatic rings. The lowest BCUT2D eigenvalue weighted by Gasteiger charge is -2.38. The first-order valence-corrected chi connectivity index (χ1v) is 5.43. The van der Waals surface area contributed by atoms with Gasteiger partial charge in [0.1, 0.15) is 0 Å². The number of ether oxygens (including phenoxy) is 1. The molecule has 0 radical (unpaired) electrons. The molecule has 0 heterocycles. The molecule has 0 aromatic rings. The Labute approximate surface area is 93.1 Å². The topological polar surface area (TPSA) is 29.5 Å². The molecule has 15 heavy (non-hydrogen) atoms. The Hall–Kier alpha value is -0.830. The van der Waals surface area contributed by atoms with E-state index in [9.17, 15) is 4.79 Å². The van der Waals surface area contributed by atoms with Crippen LogP contribution >= 0.6 is 0 Å². The molecule has 0 saturated carbocycles. The fourth-order valence-electron chi connectivity index (χ4n) is 1.68. The van der Waals surface area contributed by atoms with Crippen molar-refractivity contribution in [2.45, 2.75) is 53.3 Å². The van der Waals surface area contributed by atoms with E-state index < -0.39 is 0 Å². The molecule has 1 unspecified atom stereocenters. The number of nitrogens with zero attached hydrogens (tertiary/aromatic N) is 1. The van der Waals surface area contributed by atoms with Crippen molar-refractivity contribution in [1.82, 2.24) is 4.90 Å². The first-order valence-electron chi connectivity index (χ1n) is 5.43. The SMILES string of the molecule is C/C=C\C(=O)OC(C)N(CC)C(C)(C)C. The monoisotopic (exact) mass is 213 g/mol. The summed E-state index contributed by atoms with van der Waals surface area (Å²) in [4.78, 5) is 13.4. The Morgan fingerprint density at radius 1 is 1.47 bits per heavy atom. The summed E-state index contributed by atoms with van der Waals surface area (Å²) in [6, 6.07) is 0. The molecule has 0 aliphatic carbocycles. The van der Waals surface area contributed by atoms with E-state index in [4.69, 9.17) is 4.74 Å². The summed E-state index contributed by atoms with van der Waals surface area (Å²) in [7, 11) is 0. The van der Waals surface area contributed by atoms with Crippen molar-refractivity contribution in [3.8, 4) is 0 Å². The van der Waals surface area contributed by atoms with Gasteiger partial charge in [-0.2, -0.15) is 0 Å². The zero-order valence-corrected chi connectivity index (χ0v) is 10.7. The Kier molecular flexibility index (Phi) is 5.58. The lowest BCUT2D eigenvalue weighted by Crippen LogP contribution is -2.48. The summed E-state index contributed by atoms with van der Waals surface area (Å²) in [6.07, 6.45) is 2.92. The average molecular weight is 213 g/mol. The van der Waals surface area contributed by atoms with Gasteiger partial charge in [0.05, 0.1) is 0 Å². The number of hydrogen-bond donors (Lipinski definition) is 0. The minimum Gasteiger partial charge on any atom is -0.443 e. The van der Waals surface area contributed by atoms with Crippen LogP contribution < -0.4 is 0 Å². The minimum absolute atomic E-state index is 0.00434. The molecule has 0 fully saturated rings. The Bertz CT molecular complexity index is 228. The molecule has 1 atom stereocenters. The predicted octanol–water partition coefficient (Wildman–Crippen LogP) is 2.57. The summed E-state index contributed by atoms with van der Waals surface area (Å²) in [6.45, 7) is 12.9. The number of allylic oxidation sites excluding steroid dienone is 1. The van der Waals surface area contributed by atoms with E-state index in [-0.39, 0.29) is 17.7 Å². The van der Waals surface area contributed by atoms with Crippen molar-refractivity contribution in [3.63, 3.8) is 0 Å². The largest absolute Gasteiger partial charge is 0.443 e. The van der Waals surface area contributed by atoms with Gasteiger partial charge in [0, 0.05) is 11.6 Å². The van der Waals surface area contributed by atoms with Gasteiger partial charge in [0.25, 0.3) is 0 Å². The molecule has 0 aliphatic heterocycles. The molecule has 0 spiro atoms. The summed E-state index contributed by atoms with van der Waals surface area (Å²) in [5, 5.41) is 0. The molecule has 0 aromatic heterocycles. The van der Waals surface area contributed by atoms with Crippen LogP contribution in [0.3, 0.4) is 0 Å². The molecular formula is C12H23NO2. The van der Waals surface area contributed by atoms with Crippen LogP contribution in [0.1, 0.15) is 41.5 Å². The maximum absolute atomic E-state index is 11.3. The van der Waals surface area contributed by atoms with E-state index in [1.54, 1.807) is 13.0 Å². The van der Waals surface area contributed by atoms with Crippen LogP contribution in [0.15, 0.2) is 12.2 Å². The number of esters is 1. The van der Waals surface area contributed by atoms with Crippen LogP contribution in [0, 0.1) is 0 Å². The standard InChI is InChI=1S/C12H23NO2/c1-7-9-11(14)15-10(3)13(8-2)12(4,5)6/h7,9-10H,8H2,1-6H3/b9-7-. The van der Waals surface area contributed by atoms with Crippen LogP contribution in [0.5, 0.6) is 0 Å². The van der Waals surface area contributed by atoms with Gasteiger partial charge >= 0.3 is 5.97 Å². The van der Waals surface area contributed by atoms with Crippen LogP contribution in [0.25, 0.3) is 0 Å². The predicted molar refractivity (Wildman–Crippen MR) is 62.5 cm³/mol. The number of carbonyl (C=O) groups is 1. The highest BCUT2D eigenvalue weighted by Gasteiger charge is 2.26. The molecule has 0 N–H and O–H groups in total. The van der Waals surface area contributed by atoms with Gasteiger partial charge in [-0.1, -0.05) is 13.0 Å². The second-order valence-corrected chi connectivity index (χ2v) is 4.49. The smallest absolute Gasteiger partial charge is 0.331 e. The maximum atomic E-state index is 11.3. The highest BCUT2D eigenvalue weighted by atomic mass is 16.6. The lowest BCUT2D eigenvalue weighted by atomic mass is 10.1. The van der Waals surface area contributed by atoms with Crippen LogP contribution in [0.2, 0.25) is 0 Å². The number of hydrogen-bond acceptors (Lipinski definition) is 3. The number of rotatable bonds is 4. The van der Waals surface area contributed by atoms with Crippen molar-refractivity contribution in [2.24, 2.45) is 0 Å². The van der Waals surface area contributed by atoms with Crippen LogP contribution in [-0.4, -0.2) is 29.2 Å². The summed E-state index contributed by atoms with van der Waals surface area (Å²) in [5.41, 5.74) is 0.00434. The molecule has 0 aromatic carbocycles. The van der Waals surface area contributed by atoms with Gasteiger partial charge in [-0.15, -0.1) is 0 Å². The summed E-state index contributed by atoms with van der Waals surface area (Å²) >= 11 is 0. The summed E-state index contributed by atoms with van der Waals surface area (Å²) in [5.74, 6) is -0.285.